The minimum atomic E-state index is -0.219. The SMILES string of the molecule is O=C1O[C@H]2CC=CN12. The van der Waals surface area contributed by atoms with Gasteiger partial charge in [0, 0.05) is 12.6 Å². The lowest BCUT2D eigenvalue weighted by Crippen LogP contribution is -2.48. The number of carbonyl (C=O) groups excluding carboxylic acids is 1. The Labute approximate surface area is 46.5 Å². The molecule has 0 saturated carbocycles. The van der Waals surface area contributed by atoms with Crippen LogP contribution >= 0.6 is 0 Å². The highest BCUT2D eigenvalue weighted by Crippen LogP contribution is 2.25. The summed E-state index contributed by atoms with van der Waals surface area (Å²) < 4.78 is 4.69. The average Bonchev–Trinajstić information content (AvgIpc) is 2.09. The first-order valence-corrected chi connectivity index (χ1v) is 2.53. The predicted octanol–water partition coefficient (Wildman–Crippen LogP) is 0.682. The first kappa shape index (κ1) is 3.95. The van der Waals surface area contributed by atoms with Gasteiger partial charge in [-0.15, -0.1) is 0 Å². The summed E-state index contributed by atoms with van der Waals surface area (Å²) in [7, 11) is 0. The number of hydrogen-bond donors (Lipinski definition) is 0. The van der Waals surface area contributed by atoms with Crippen molar-refractivity contribution in [1.29, 1.82) is 0 Å². The molecule has 0 aromatic rings. The Hall–Kier alpha value is -0.990. The maximum Gasteiger partial charge on any atom is 0.418 e. The second-order valence-electron chi connectivity index (χ2n) is 1.87. The molecule has 0 bridgehead atoms. The lowest BCUT2D eigenvalue weighted by molar-refractivity contribution is -0.0595. The largest absolute Gasteiger partial charge is 0.424 e. The Bertz CT molecular complexity index is 164. The molecule has 0 unspecified atom stereocenters. The van der Waals surface area contributed by atoms with Crippen molar-refractivity contribution in [3.05, 3.63) is 12.3 Å². The van der Waals surface area contributed by atoms with Crippen LogP contribution in [0.2, 0.25) is 0 Å². The molecular formula is C5H5NO2. The molecule has 1 amide bonds. The van der Waals surface area contributed by atoms with Gasteiger partial charge in [0.25, 0.3) is 0 Å². The van der Waals surface area contributed by atoms with E-state index in [0.29, 0.717) is 0 Å². The van der Waals surface area contributed by atoms with Crippen molar-refractivity contribution in [2.45, 2.75) is 12.6 Å². The van der Waals surface area contributed by atoms with E-state index in [4.69, 9.17) is 0 Å². The molecule has 0 aliphatic carbocycles. The number of nitrogens with zero attached hydrogens (tertiary/aromatic N) is 1. The van der Waals surface area contributed by atoms with Gasteiger partial charge in [-0.2, -0.15) is 0 Å². The van der Waals surface area contributed by atoms with Gasteiger partial charge in [0.2, 0.25) is 0 Å². The minimum Gasteiger partial charge on any atom is -0.424 e. The summed E-state index contributed by atoms with van der Waals surface area (Å²) in [5.41, 5.74) is 0. The van der Waals surface area contributed by atoms with E-state index < -0.39 is 0 Å². The van der Waals surface area contributed by atoms with Gasteiger partial charge in [0.1, 0.15) is 0 Å². The fraction of sp³-hybridized carbons (Fsp3) is 0.400. The van der Waals surface area contributed by atoms with Crippen molar-refractivity contribution < 1.29 is 9.53 Å². The zero-order valence-electron chi connectivity index (χ0n) is 4.20. The molecule has 1 saturated heterocycles. The first-order chi connectivity index (χ1) is 3.88. The van der Waals surface area contributed by atoms with E-state index in [-0.39, 0.29) is 12.3 Å². The van der Waals surface area contributed by atoms with E-state index in [0.717, 1.165) is 6.42 Å². The Kier molecular flexibility index (Phi) is 0.516. The van der Waals surface area contributed by atoms with Gasteiger partial charge in [0.05, 0.1) is 0 Å². The smallest absolute Gasteiger partial charge is 0.418 e. The quantitative estimate of drug-likeness (QED) is 0.460. The predicted molar refractivity (Wildman–Crippen MR) is 25.9 cm³/mol. The Morgan fingerprint density at radius 1 is 1.88 bits per heavy atom. The van der Waals surface area contributed by atoms with Crippen molar-refractivity contribution >= 4 is 6.09 Å². The number of ether oxygens (including phenoxy) is 1. The second kappa shape index (κ2) is 1.05. The van der Waals surface area contributed by atoms with Crippen LogP contribution in [0.5, 0.6) is 0 Å². The second-order valence-corrected chi connectivity index (χ2v) is 1.87. The fourth-order valence-electron chi connectivity index (χ4n) is 0.912. The van der Waals surface area contributed by atoms with E-state index in [1.807, 2.05) is 6.08 Å². The zero-order chi connectivity index (χ0) is 5.56. The number of carbonyl (C=O) groups is 1. The van der Waals surface area contributed by atoms with Crippen molar-refractivity contribution in [3.8, 4) is 0 Å². The molecule has 1 atom stereocenters. The molecule has 0 spiro atoms. The molecule has 2 aliphatic heterocycles. The maximum absolute atomic E-state index is 10.4. The zero-order valence-corrected chi connectivity index (χ0v) is 4.20. The molecule has 42 valence electrons. The first-order valence-electron chi connectivity index (χ1n) is 2.53. The summed E-state index contributed by atoms with van der Waals surface area (Å²) in [6.07, 6.45) is 4.36. The summed E-state index contributed by atoms with van der Waals surface area (Å²) in [5, 5.41) is 0. The molecule has 2 aliphatic rings. The standard InChI is InChI=1S/C5H5NO2/c7-5-6-3-1-2-4(6)8-5/h1,3-4H,2H2/t4-/m0/s1. The summed E-state index contributed by atoms with van der Waals surface area (Å²) in [4.78, 5) is 11.9. The van der Waals surface area contributed by atoms with Crippen LogP contribution in [0.3, 0.4) is 0 Å². The summed E-state index contributed by atoms with van der Waals surface area (Å²) in [5.74, 6) is 0. The van der Waals surface area contributed by atoms with Gasteiger partial charge in [-0.25, -0.2) is 9.69 Å². The Morgan fingerprint density at radius 2 is 2.75 bits per heavy atom. The fourth-order valence-corrected chi connectivity index (χ4v) is 0.912. The van der Waals surface area contributed by atoms with E-state index in [9.17, 15) is 4.79 Å². The van der Waals surface area contributed by atoms with Gasteiger partial charge >= 0.3 is 6.09 Å². The normalized spacial score (nSPS) is 31.8. The molecule has 2 heterocycles. The number of hydrogen-bond acceptors (Lipinski definition) is 2. The molecule has 8 heavy (non-hydrogen) atoms. The summed E-state index contributed by atoms with van der Waals surface area (Å²) >= 11 is 0. The van der Waals surface area contributed by atoms with Crippen molar-refractivity contribution in [1.82, 2.24) is 4.90 Å². The lowest BCUT2D eigenvalue weighted by atomic mass is 10.4. The van der Waals surface area contributed by atoms with Crippen molar-refractivity contribution in [3.63, 3.8) is 0 Å². The van der Waals surface area contributed by atoms with Gasteiger partial charge < -0.3 is 4.74 Å². The monoisotopic (exact) mass is 111 g/mol. The third-order valence-corrected chi connectivity index (χ3v) is 1.36. The third kappa shape index (κ3) is 0.278. The van der Waals surface area contributed by atoms with Crippen LogP contribution in [0.25, 0.3) is 0 Å². The topological polar surface area (TPSA) is 29.5 Å². The van der Waals surface area contributed by atoms with E-state index >= 15 is 0 Å². The van der Waals surface area contributed by atoms with E-state index in [1.165, 1.54) is 0 Å². The summed E-state index contributed by atoms with van der Waals surface area (Å²) in [6.45, 7) is 0. The molecule has 0 radical (unpaired) electrons. The Balaban J connectivity index is 2.21. The highest BCUT2D eigenvalue weighted by atomic mass is 16.6. The maximum atomic E-state index is 10.4. The number of rotatable bonds is 0. The lowest BCUT2D eigenvalue weighted by Gasteiger charge is -2.32. The van der Waals surface area contributed by atoms with Crippen LogP contribution < -0.4 is 0 Å². The molecule has 0 aromatic heterocycles. The van der Waals surface area contributed by atoms with Crippen LogP contribution in [-0.4, -0.2) is 17.2 Å². The molecule has 2 rings (SSSR count). The van der Waals surface area contributed by atoms with Gasteiger partial charge in [0.15, 0.2) is 6.23 Å². The highest BCUT2D eigenvalue weighted by molar-refractivity contribution is 5.74. The molecular weight excluding hydrogens is 106 g/mol. The van der Waals surface area contributed by atoms with Crippen LogP contribution in [0.4, 0.5) is 4.79 Å². The molecule has 0 N–H and O–H groups in total. The van der Waals surface area contributed by atoms with Crippen LogP contribution in [-0.2, 0) is 4.74 Å². The molecule has 3 heteroatoms. The van der Waals surface area contributed by atoms with Gasteiger partial charge in [-0.3, -0.25) is 0 Å². The third-order valence-electron chi connectivity index (χ3n) is 1.36. The van der Waals surface area contributed by atoms with E-state index in [2.05, 4.69) is 4.74 Å². The van der Waals surface area contributed by atoms with Gasteiger partial charge in [-0.1, -0.05) is 6.08 Å². The molecule has 1 fully saturated rings. The van der Waals surface area contributed by atoms with Crippen molar-refractivity contribution in [2.24, 2.45) is 0 Å². The van der Waals surface area contributed by atoms with Crippen LogP contribution in [0.1, 0.15) is 6.42 Å². The van der Waals surface area contributed by atoms with Crippen LogP contribution in [0, 0.1) is 0 Å². The van der Waals surface area contributed by atoms with E-state index in [1.54, 1.807) is 11.1 Å². The highest BCUT2D eigenvalue weighted by Gasteiger charge is 2.38. The average molecular weight is 111 g/mol. The Morgan fingerprint density at radius 3 is 3.25 bits per heavy atom. The minimum absolute atomic E-state index is 0.0440. The van der Waals surface area contributed by atoms with Gasteiger partial charge in [-0.05, 0) is 0 Å². The van der Waals surface area contributed by atoms with Crippen LogP contribution in [0.15, 0.2) is 12.3 Å². The number of amides is 1. The van der Waals surface area contributed by atoms with Crippen molar-refractivity contribution in [2.75, 3.05) is 0 Å². The molecule has 3 nitrogen and oxygen atoms in total. The number of fused-ring (bicyclic) bond motifs is 1. The summed E-state index contributed by atoms with van der Waals surface area (Å²) in [6, 6.07) is 0. The molecule has 0 aromatic carbocycles.